The predicted octanol–water partition coefficient (Wildman–Crippen LogP) is 1.61. The molecule has 0 bridgehead atoms. The lowest BCUT2D eigenvalue weighted by atomic mass is 10.1. The van der Waals surface area contributed by atoms with Crippen molar-refractivity contribution in [2.75, 3.05) is 33.9 Å². The SMILES string of the molecule is COc1ccc(CCC(=O)N[C@@H]2C[C@H]3CO[C@@H](C)CN3C2)cc1OC. The summed E-state index contributed by atoms with van der Waals surface area (Å²) in [5, 5.41) is 3.18. The van der Waals surface area contributed by atoms with E-state index in [0.717, 1.165) is 31.7 Å². The van der Waals surface area contributed by atoms with E-state index < -0.39 is 0 Å². The van der Waals surface area contributed by atoms with Gasteiger partial charge >= 0.3 is 0 Å². The summed E-state index contributed by atoms with van der Waals surface area (Å²) in [7, 11) is 3.24. The molecule has 25 heavy (non-hydrogen) atoms. The van der Waals surface area contributed by atoms with Crippen molar-refractivity contribution < 1.29 is 19.0 Å². The monoisotopic (exact) mass is 348 g/mol. The van der Waals surface area contributed by atoms with Crippen molar-refractivity contribution in [2.45, 2.75) is 44.4 Å². The Morgan fingerprint density at radius 2 is 2.08 bits per heavy atom. The Balaban J connectivity index is 1.47. The Bertz CT molecular complexity index is 607. The van der Waals surface area contributed by atoms with Crippen molar-refractivity contribution in [1.29, 1.82) is 0 Å². The number of carbonyl (C=O) groups is 1. The number of methoxy groups -OCH3 is 2. The molecule has 0 saturated carbocycles. The van der Waals surface area contributed by atoms with E-state index in [0.29, 0.717) is 30.4 Å². The normalized spacial score (nSPS) is 26.1. The molecule has 1 amide bonds. The molecule has 0 unspecified atom stereocenters. The highest BCUT2D eigenvalue weighted by molar-refractivity contribution is 5.76. The first kappa shape index (κ1) is 18.0. The lowest BCUT2D eigenvalue weighted by Gasteiger charge is -2.33. The minimum atomic E-state index is 0.105. The molecule has 6 nitrogen and oxygen atoms in total. The minimum Gasteiger partial charge on any atom is -0.493 e. The number of morpholine rings is 1. The highest BCUT2D eigenvalue weighted by Gasteiger charge is 2.36. The van der Waals surface area contributed by atoms with Crippen LogP contribution in [0, 0.1) is 0 Å². The number of fused-ring (bicyclic) bond motifs is 1. The van der Waals surface area contributed by atoms with Gasteiger partial charge in [-0.25, -0.2) is 0 Å². The molecule has 138 valence electrons. The molecule has 1 N–H and O–H groups in total. The summed E-state index contributed by atoms with van der Waals surface area (Å²) in [6.07, 6.45) is 2.43. The summed E-state index contributed by atoms with van der Waals surface area (Å²) in [6.45, 7) is 4.77. The topological polar surface area (TPSA) is 60.0 Å². The van der Waals surface area contributed by atoms with E-state index in [1.807, 2.05) is 18.2 Å². The molecular formula is C19H28N2O4. The number of nitrogens with one attached hydrogen (secondary N) is 1. The number of aryl methyl sites for hydroxylation is 1. The Kier molecular flexibility index (Phi) is 5.81. The van der Waals surface area contributed by atoms with E-state index in [2.05, 4.69) is 17.1 Å². The van der Waals surface area contributed by atoms with Crippen molar-refractivity contribution in [1.82, 2.24) is 10.2 Å². The average Bonchev–Trinajstić information content (AvgIpc) is 3.00. The number of benzene rings is 1. The Morgan fingerprint density at radius 1 is 1.28 bits per heavy atom. The van der Waals surface area contributed by atoms with Crippen molar-refractivity contribution in [3.8, 4) is 11.5 Å². The summed E-state index contributed by atoms with van der Waals surface area (Å²) in [4.78, 5) is 14.7. The standard InChI is InChI=1S/C19H28N2O4/c1-13-10-21-11-15(9-16(21)12-25-13)20-19(22)7-5-14-4-6-17(23-2)18(8-14)24-3/h4,6,8,13,15-16H,5,7,9-12H2,1-3H3,(H,20,22)/t13-,15+,16-/m0/s1. The Hall–Kier alpha value is -1.79. The molecule has 1 aromatic rings. The maximum atomic E-state index is 12.3. The molecule has 0 aliphatic carbocycles. The van der Waals surface area contributed by atoms with Crippen molar-refractivity contribution in [3.63, 3.8) is 0 Å². The lowest BCUT2D eigenvalue weighted by Crippen LogP contribution is -2.45. The Morgan fingerprint density at radius 3 is 2.84 bits per heavy atom. The third kappa shape index (κ3) is 4.44. The number of hydrogen-bond acceptors (Lipinski definition) is 5. The quantitative estimate of drug-likeness (QED) is 0.846. The summed E-state index contributed by atoms with van der Waals surface area (Å²) >= 11 is 0. The fourth-order valence-electron chi connectivity index (χ4n) is 3.74. The zero-order chi connectivity index (χ0) is 17.8. The molecule has 3 atom stereocenters. The van der Waals surface area contributed by atoms with E-state index >= 15 is 0 Å². The minimum absolute atomic E-state index is 0.105. The second kappa shape index (κ2) is 8.06. The molecule has 0 radical (unpaired) electrons. The van der Waals surface area contributed by atoms with Gasteiger partial charge in [0.2, 0.25) is 5.91 Å². The molecule has 3 rings (SSSR count). The van der Waals surface area contributed by atoms with Gasteiger partial charge in [0.1, 0.15) is 0 Å². The highest BCUT2D eigenvalue weighted by atomic mass is 16.5. The third-order valence-corrected chi connectivity index (χ3v) is 5.05. The van der Waals surface area contributed by atoms with Gasteiger partial charge in [0.15, 0.2) is 11.5 Å². The molecule has 2 fully saturated rings. The van der Waals surface area contributed by atoms with Crippen LogP contribution in [0.3, 0.4) is 0 Å². The largest absolute Gasteiger partial charge is 0.493 e. The van der Waals surface area contributed by atoms with E-state index in [4.69, 9.17) is 14.2 Å². The van der Waals surface area contributed by atoms with Crippen molar-refractivity contribution in [2.24, 2.45) is 0 Å². The highest BCUT2D eigenvalue weighted by Crippen LogP contribution is 2.28. The van der Waals surface area contributed by atoms with Gasteiger partial charge in [-0.05, 0) is 37.5 Å². The van der Waals surface area contributed by atoms with Gasteiger partial charge in [0.05, 0.1) is 26.9 Å². The van der Waals surface area contributed by atoms with Crippen LogP contribution in [0.4, 0.5) is 0 Å². The maximum Gasteiger partial charge on any atom is 0.220 e. The average molecular weight is 348 g/mol. The summed E-state index contributed by atoms with van der Waals surface area (Å²) in [5.74, 6) is 1.51. The Labute approximate surface area is 149 Å². The number of nitrogens with zero attached hydrogens (tertiary/aromatic N) is 1. The first-order valence-electron chi connectivity index (χ1n) is 8.95. The van der Waals surface area contributed by atoms with Gasteiger partial charge in [0.25, 0.3) is 0 Å². The van der Waals surface area contributed by atoms with E-state index in [1.54, 1.807) is 14.2 Å². The van der Waals surface area contributed by atoms with Crippen LogP contribution in [-0.2, 0) is 16.0 Å². The first-order chi connectivity index (χ1) is 12.1. The molecule has 2 aliphatic heterocycles. The van der Waals surface area contributed by atoms with Crippen LogP contribution >= 0.6 is 0 Å². The van der Waals surface area contributed by atoms with Crippen LogP contribution in [0.2, 0.25) is 0 Å². The smallest absolute Gasteiger partial charge is 0.220 e. The van der Waals surface area contributed by atoms with Crippen LogP contribution in [0.1, 0.15) is 25.3 Å². The second-order valence-electron chi connectivity index (χ2n) is 6.94. The molecule has 6 heteroatoms. The molecule has 1 aromatic carbocycles. The molecule has 0 spiro atoms. The molecule has 2 aliphatic rings. The van der Waals surface area contributed by atoms with E-state index in [9.17, 15) is 4.79 Å². The maximum absolute atomic E-state index is 12.3. The van der Waals surface area contributed by atoms with Gasteiger partial charge in [-0.3, -0.25) is 9.69 Å². The summed E-state index contributed by atoms with van der Waals surface area (Å²) in [6, 6.07) is 6.47. The van der Waals surface area contributed by atoms with Crippen LogP contribution in [0.25, 0.3) is 0 Å². The zero-order valence-electron chi connectivity index (χ0n) is 15.3. The van der Waals surface area contributed by atoms with Crippen LogP contribution < -0.4 is 14.8 Å². The molecular weight excluding hydrogens is 320 g/mol. The van der Waals surface area contributed by atoms with Crippen LogP contribution in [0.5, 0.6) is 11.5 Å². The van der Waals surface area contributed by atoms with Gasteiger partial charge in [0, 0.05) is 31.6 Å². The number of amides is 1. The predicted molar refractivity (Wildman–Crippen MR) is 95.2 cm³/mol. The van der Waals surface area contributed by atoms with E-state index in [1.165, 1.54) is 0 Å². The van der Waals surface area contributed by atoms with E-state index in [-0.39, 0.29) is 18.1 Å². The van der Waals surface area contributed by atoms with Gasteiger partial charge in [-0.15, -0.1) is 0 Å². The van der Waals surface area contributed by atoms with Gasteiger partial charge in [-0.1, -0.05) is 6.07 Å². The summed E-state index contributed by atoms with van der Waals surface area (Å²) < 4.78 is 16.3. The summed E-state index contributed by atoms with van der Waals surface area (Å²) in [5.41, 5.74) is 1.07. The zero-order valence-corrected chi connectivity index (χ0v) is 15.3. The molecule has 2 heterocycles. The fourth-order valence-corrected chi connectivity index (χ4v) is 3.74. The molecule has 2 saturated heterocycles. The second-order valence-corrected chi connectivity index (χ2v) is 6.94. The van der Waals surface area contributed by atoms with Gasteiger partial charge < -0.3 is 19.5 Å². The lowest BCUT2D eigenvalue weighted by molar-refractivity contribution is -0.121. The number of hydrogen-bond donors (Lipinski definition) is 1. The van der Waals surface area contributed by atoms with Gasteiger partial charge in [-0.2, -0.15) is 0 Å². The first-order valence-corrected chi connectivity index (χ1v) is 8.95. The van der Waals surface area contributed by atoms with Crippen molar-refractivity contribution >= 4 is 5.91 Å². The molecule has 0 aromatic heterocycles. The number of rotatable bonds is 6. The fraction of sp³-hybridized carbons (Fsp3) is 0.632. The van der Waals surface area contributed by atoms with Crippen LogP contribution in [0.15, 0.2) is 18.2 Å². The number of ether oxygens (including phenoxy) is 3. The van der Waals surface area contributed by atoms with Crippen molar-refractivity contribution in [3.05, 3.63) is 23.8 Å². The van der Waals surface area contributed by atoms with Crippen LogP contribution in [-0.4, -0.2) is 62.9 Å². The number of carbonyl (C=O) groups excluding carboxylic acids is 1. The third-order valence-electron chi connectivity index (χ3n) is 5.05.